The molecule has 4 heterocycles. The quantitative estimate of drug-likeness (QED) is 0.516. The fraction of sp³-hybridized carbons (Fsp3) is 0.571. The van der Waals surface area contributed by atoms with Crippen molar-refractivity contribution in [2.75, 3.05) is 61.6 Å². The van der Waals surface area contributed by atoms with E-state index in [-0.39, 0.29) is 17.2 Å². The van der Waals surface area contributed by atoms with E-state index >= 15 is 0 Å². The molecule has 0 atom stereocenters. The molecule has 1 aromatic carbocycles. The predicted molar refractivity (Wildman–Crippen MR) is 151 cm³/mol. The number of nitrogens with zero attached hydrogens (tertiary/aromatic N) is 5. The third-order valence-corrected chi connectivity index (χ3v) is 8.98. The minimum atomic E-state index is -0.0459. The summed E-state index contributed by atoms with van der Waals surface area (Å²) >= 11 is 1.48. The van der Waals surface area contributed by atoms with Crippen LogP contribution in [0.4, 0.5) is 16.9 Å². The zero-order valence-electron chi connectivity index (χ0n) is 22.5. The van der Waals surface area contributed by atoms with E-state index in [1.165, 1.54) is 22.6 Å². The van der Waals surface area contributed by atoms with E-state index in [4.69, 9.17) is 19.4 Å². The number of methoxy groups -OCH3 is 1. The van der Waals surface area contributed by atoms with Crippen molar-refractivity contribution in [3.05, 3.63) is 29.5 Å². The molecule has 10 heteroatoms. The van der Waals surface area contributed by atoms with Gasteiger partial charge in [-0.05, 0) is 49.7 Å². The molecule has 202 valence electrons. The summed E-state index contributed by atoms with van der Waals surface area (Å²) in [5.41, 5.74) is 3.53. The molecule has 38 heavy (non-hydrogen) atoms. The van der Waals surface area contributed by atoms with Crippen molar-refractivity contribution < 1.29 is 14.3 Å². The van der Waals surface area contributed by atoms with Crippen LogP contribution in [0.5, 0.6) is 5.75 Å². The summed E-state index contributed by atoms with van der Waals surface area (Å²) in [5, 5.41) is 3.69. The van der Waals surface area contributed by atoms with Crippen molar-refractivity contribution in [2.45, 2.75) is 46.0 Å². The fourth-order valence-corrected chi connectivity index (χ4v) is 6.67. The number of carbonyl (C=O) groups is 1. The maximum absolute atomic E-state index is 13.2. The zero-order valence-corrected chi connectivity index (χ0v) is 23.3. The van der Waals surface area contributed by atoms with Crippen molar-refractivity contribution in [1.29, 1.82) is 0 Å². The largest absolute Gasteiger partial charge is 0.494 e. The second-order valence-corrected chi connectivity index (χ2v) is 12.3. The number of thiazole rings is 1. The lowest BCUT2D eigenvalue weighted by Crippen LogP contribution is -2.41. The maximum Gasteiger partial charge on any atom is 0.229 e. The normalized spacial score (nSPS) is 19.9. The van der Waals surface area contributed by atoms with E-state index in [0.717, 1.165) is 86.0 Å². The number of benzene rings is 1. The molecule has 0 bridgehead atoms. The molecule has 0 radical (unpaired) electrons. The van der Waals surface area contributed by atoms with Crippen LogP contribution in [0.15, 0.2) is 18.2 Å². The molecule has 2 aromatic heterocycles. The Hall–Kier alpha value is -2.98. The third kappa shape index (κ3) is 5.03. The number of hydrogen-bond donors (Lipinski definition) is 1. The van der Waals surface area contributed by atoms with Crippen LogP contribution in [0, 0.1) is 11.3 Å². The minimum Gasteiger partial charge on any atom is -0.494 e. The molecule has 2 fully saturated rings. The van der Waals surface area contributed by atoms with Crippen LogP contribution in [0.1, 0.15) is 44.4 Å². The Labute approximate surface area is 227 Å². The molecule has 3 aliphatic rings. The molecule has 1 aliphatic carbocycles. The average Bonchev–Trinajstić information content (AvgIpc) is 3.35. The lowest BCUT2D eigenvalue weighted by atomic mass is 9.76. The number of carbonyl (C=O) groups excluding carboxylic acids is 1. The van der Waals surface area contributed by atoms with Gasteiger partial charge < -0.3 is 24.6 Å². The fourth-order valence-electron chi connectivity index (χ4n) is 5.78. The lowest BCUT2D eigenvalue weighted by Gasteiger charge is -2.38. The number of hydrogen-bond acceptors (Lipinski definition) is 9. The average molecular weight is 537 g/mol. The van der Waals surface area contributed by atoms with Gasteiger partial charge in [0.05, 0.1) is 30.7 Å². The predicted octanol–water partition coefficient (Wildman–Crippen LogP) is 4.30. The zero-order chi connectivity index (χ0) is 26.3. The molecule has 2 saturated heterocycles. The first-order chi connectivity index (χ1) is 18.4. The number of fused-ring (bicyclic) bond motifs is 2. The molecule has 6 rings (SSSR count). The number of nitrogens with one attached hydrogen (secondary N) is 1. The van der Waals surface area contributed by atoms with Crippen molar-refractivity contribution in [1.82, 2.24) is 15.0 Å². The first-order valence-electron chi connectivity index (χ1n) is 13.6. The van der Waals surface area contributed by atoms with Gasteiger partial charge >= 0.3 is 0 Å². The van der Waals surface area contributed by atoms with Crippen molar-refractivity contribution in [3.63, 3.8) is 0 Å². The van der Waals surface area contributed by atoms with E-state index in [9.17, 15) is 4.79 Å². The number of amides is 1. The number of aromatic nitrogens is 3. The Morgan fingerprint density at radius 2 is 1.89 bits per heavy atom. The number of anilines is 3. The van der Waals surface area contributed by atoms with Crippen LogP contribution in [0.2, 0.25) is 0 Å². The van der Waals surface area contributed by atoms with E-state index in [0.29, 0.717) is 18.3 Å². The van der Waals surface area contributed by atoms with Gasteiger partial charge in [0.25, 0.3) is 0 Å². The number of para-hydroxylation sites is 1. The van der Waals surface area contributed by atoms with Gasteiger partial charge in [0.15, 0.2) is 5.13 Å². The molecule has 3 aromatic rings. The van der Waals surface area contributed by atoms with Gasteiger partial charge in [0.1, 0.15) is 17.1 Å². The Morgan fingerprint density at radius 3 is 2.66 bits per heavy atom. The number of ether oxygens (including phenoxy) is 2. The van der Waals surface area contributed by atoms with Gasteiger partial charge in [-0.3, -0.25) is 4.79 Å². The summed E-state index contributed by atoms with van der Waals surface area (Å²) in [6.45, 7) is 9.34. The first-order valence-corrected chi connectivity index (χ1v) is 14.4. The monoisotopic (exact) mass is 536 g/mol. The molecule has 1 N–H and O–H groups in total. The molecular weight excluding hydrogens is 500 g/mol. The summed E-state index contributed by atoms with van der Waals surface area (Å²) < 4.78 is 12.0. The van der Waals surface area contributed by atoms with Gasteiger partial charge in [-0.15, -0.1) is 0 Å². The third-order valence-electron chi connectivity index (χ3n) is 8.05. The van der Waals surface area contributed by atoms with Gasteiger partial charge in [-0.25, -0.2) is 9.97 Å². The summed E-state index contributed by atoms with van der Waals surface area (Å²) in [6, 6.07) is 5.83. The number of piperidine rings is 1. The van der Waals surface area contributed by atoms with Crippen LogP contribution >= 0.6 is 11.3 Å². The highest BCUT2D eigenvalue weighted by atomic mass is 32.1. The SMILES string of the molecule is COc1cccc2sc(NC(=O)C3CCN(c4nc(N5CCOCC5)nc5c4CCC(C)(C)C5)CC3)nc12. The first kappa shape index (κ1) is 25.3. The number of rotatable bonds is 5. The molecule has 9 nitrogen and oxygen atoms in total. The summed E-state index contributed by atoms with van der Waals surface area (Å²) in [6.07, 6.45) is 4.69. The van der Waals surface area contributed by atoms with Crippen LogP contribution < -0.4 is 19.9 Å². The lowest BCUT2D eigenvalue weighted by molar-refractivity contribution is -0.120. The summed E-state index contributed by atoms with van der Waals surface area (Å²) in [7, 11) is 1.64. The Morgan fingerprint density at radius 1 is 1.11 bits per heavy atom. The van der Waals surface area contributed by atoms with Gasteiger partial charge in [0.2, 0.25) is 11.9 Å². The molecule has 0 unspecified atom stereocenters. The molecule has 0 spiro atoms. The van der Waals surface area contributed by atoms with Gasteiger partial charge in [-0.1, -0.05) is 31.3 Å². The van der Waals surface area contributed by atoms with Crippen molar-refractivity contribution >= 4 is 44.4 Å². The highest BCUT2D eigenvalue weighted by Crippen LogP contribution is 2.39. The van der Waals surface area contributed by atoms with Crippen molar-refractivity contribution in [3.8, 4) is 5.75 Å². The smallest absolute Gasteiger partial charge is 0.229 e. The van der Waals surface area contributed by atoms with Crippen LogP contribution in [-0.4, -0.2) is 67.4 Å². The Balaban J connectivity index is 1.17. The number of morpholine rings is 1. The summed E-state index contributed by atoms with van der Waals surface area (Å²) in [5.74, 6) is 2.62. The second kappa shape index (κ2) is 10.3. The van der Waals surface area contributed by atoms with Crippen LogP contribution in [0.3, 0.4) is 0 Å². The Bertz CT molecular complexity index is 1330. The molecule has 0 saturated carbocycles. The molecular formula is C28H36N6O3S. The maximum atomic E-state index is 13.2. The summed E-state index contributed by atoms with van der Waals surface area (Å²) in [4.78, 5) is 32.6. The molecule has 2 aliphatic heterocycles. The van der Waals surface area contributed by atoms with Crippen LogP contribution in [-0.2, 0) is 22.4 Å². The van der Waals surface area contributed by atoms with Crippen LogP contribution in [0.25, 0.3) is 10.2 Å². The van der Waals surface area contributed by atoms with E-state index in [1.54, 1.807) is 7.11 Å². The minimum absolute atomic E-state index is 0.0446. The van der Waals surface area contributed by atoms with E-state index in [1.807, 2.05) is 18.2 Å². The Kier molecular flexibility index (Phi) is 6.86. The highest BCUT2D eigenvalue weighted by molar-refractivity contribution is 7.22. The van der Waals surface area contributed by atoms with E-state index in [2.05, 4.69) is 33.9 Å². The topological polar surface area (TPSA) is 92.7 Å². The standard InChI is InChI=1S/C28H36N6O3S/c1-28(2)10-7-19-20(17-28)29-26(34-13-15-37-16-14-34)31-24(19)33-11-8-18(9-12-33)25(35)32-27-30-23-21(36-3)5-4-6-22(23)38-27/h4-6,18H,7-17H2,1-3H3,(H,30,32,35). The molecule has 1 amide bonds. The van der Waals surface area contributed by atoms with Gasteiger partial charge in [-0.2, -0.15) is 4.98 Å². The van der Waals surface area contributed by atoms with Gasteiger partial charge in [0, 0.05) is 37.7 Å². The van der Waals surface area contributed by atoms with Crippen molar-refractivity contribution in [2.24, 2.45) is 11.3 Å². The second-order valence-electron chi connectivity index (χ2n) is 11.3. The highest BCUT2D eigenvalue weighted by Gasteiger charge is 2.33. The van der Waals surface area contributed by atoms with E-state index < -0.39 is 0 Å².